The summed E-state index contributed by atoms with van der Waals surface area (Å²) in [6.45, 7) is 9.17. The molecule has 1 aromatic carbocycles. The molecule has 0 aliphatic carbocycles. The van der Waals surface area contributed by atoms with E-state index in [-0.39, 0.29) is 29.5 Å². The fraction of sp³-hybridized carbons (Fsp3) is 0.636. The van der Waals surface area contributed by atoms with Gasteiger partial charge in [-0.1, -0.05) is 39.0 Å². The lowest BCUT2D eigenvalue weighted by Crippen LogP contribution is -2.52. The van der Waals surface area contributed by atoms with Crippen LogP contribution in [0.4, 0.5) is 4.39 Å². The van der Waals surface area contributed by atoms with Crippen molar-refractivity contribution in [2.45, 2.75) is 52.9 Å². The second kappa shape index (κ2) is 7.61. The van der Waals surface area contributed by atoms with E-state index in [1.165, 1.54) is 6.07 Å². The summed E-state index contributed by atoms with van der Waals surface area (Å²) in [5.74, 6) is -0.0209. The number of hydrogen-bond acceptors (Lipinski definition) is 2. The van der Waals surface area contributed by atoms with Crippen LogP contribution >= 0.6 is 0 Å². The monoisotopic (exact) mass is 374 g/mol. The van der Waals surface area contributed by atoms with E-state index in [1.54, 1.807) is 18.2 Å². The molecular formula is C22H31FN2O2. The number of hydrogen-bond donors (Lipinski definition) is 0. The third kappa shape index (κ3) is 4.50. The molecule has 2 aliphatic rings. The Labute approximate surface area is 161 Å². The topological polar surface area (TPSA) is 40.6 Å². The normalized spacial score (nSPS) is 23.3. The molecule has 0 radical (unpaired) electrons. The highest BCUT2D eigenvalue weighted by atomic mass is 19.1. The van der Waals surface area contributed by atoms with Gasteiger partial charge in [0.2, 0.25) is 11.8 Å². The van der Waals surface area contributed by atoms with Gasteiger partial charge in [0.15, 0.2) is 0 Å². The van der Waals surface area contributed by atoms with E-state index in [0.29, 0.717) is 25.1 Å². The predicted octanol–water partition coefficient (Wildman–Crippen LogP) is 3.65. The van der Waals surface area contributed by atoms with Gasteiger partial charge in [0, 0.05) is 32.6 Å². The second-order valence-corrected chi connectivity index (χ2v) is 9.33. The lowest BCUT2D eigenvalue weighted by Gasteiger charge is -2.41. The summed E-state index contributed by atoms with van der Waals surface area (Å²) < 4.78 is 13.8. The van der Waals surface area contributed by atoms with Crippen LogP contribution in [0.15, 0.2) is 24.3 Å². The van der Waals surface area contributed by atoms with Gasteiger partial charge in [-0.2, -0.15) is 0 Å². The molecule has 148 valence electrons. The Hall–Kier alpha value is -1.91. The highest BCUT2D eigenvalue weighted by Crippen LogP contribution is 2.41. The zero-order chi connectivity index (χ0) is 19.7. The van der Waals surface area contributed by atoms with Crippen molar-refractivity contribution in [1.82, 2.24) is 9.80 Å². The molecule has 0 unspecified atom stereocenters. The van der Waals surface area contributed by atoms with Crippen molar-refractivity contribution in [2.24, 2.45) is 10.8 Å². The summed E-state index contributed by atoms with van der Waals surface area (Å²) in [5, 5.41) is 0. The standard InChI is InChI=1S/C22H31FN2O2/c1-21(2,3)15-25-13-6-11-22(20(25)27)12-14-24(16-22)19(26)10-9-17-7-4-5-8-18(17)23/h4-5,7-8H,6,9-16H2,1-3H3/t22-/m1/s1. The average molecular weight is 375 g/mol. The van der Waals surface area contributed by atoms with Crippen molar-refractivity contribution in [3.63, 3.8) is 0 Å². The quantitative estimate of drug-likeness (QED) is 0.807. The largest absolute Gasteiger partial charge is 0.342 e. The highest BCUT2D eigenvalue weighted by molar-refractivity contribution is 5.86. The number of carbonyl (C=O) groups excluding carboxylic acids is 2. The lowest BCUT2D eigenvalue weighted by molar-refractivity contribution is -0.147. The summed E-state index contributed by atoms with van der Waals surface area (Å²) in [6, 6.07) is 6.60. The molecule has 2 aliphatic heterocycles. The summed E-state index contributed by atoms with van der Waals surface area (Å²) in [4.78, 5) is 29.6. The number of benzene rings is 1. The molecule has 0 aromatic heterocycles. The van der Waals surface area contributed by atoms with E-state index in [9.17, 15) is 14.0 Å². The Morgan fingerprint density at radius 1 is 1.19 bits per heavy atom. The first-order chi connectivity index (χ1) is 12.7. The molecule has 3 rings (SSSR count). The fourth-order valence-electron chi connectivity index (χ4n) is 4.44. The molecule has 5 heteroatoms. The van der Waals surface area contributed by atoms with Crippen LogP contribution in [0.2, 0.25) is 0 Å². The minimum atomic E-state index is -0.406. The second-order valence-electron chi connectivity index (χ2n) is 9.33. The number of rotatable bonds is 4. The minimum Gasteiger partial charge on any atom is -0.342 e. The van der Waals surface area contributed by atoms with Crippen LogP contribution in [0, 0.1) is 16.6 Å². The fourth-order valence-corrected chi connectivity index (χ4v) is 4.44. The Kier molecular flexibility index (Phi) is 5.59. The molecule has 1 aromatic rings. The lowest BCUT2D eigenvalue weighted by atomic mass is 9.77. The average Bonchev–Trinajstić information content (AvgIpc) is 3.02. The smallest absolute Gasteiger partial charge is 0.230 e. The van der Waals surface area contributed by atoms with E-state index in [1.807, 2.05) is 9.80 Å². The third-order valence-corrected chi connectivity index (χ3v) is 5.76. The Morgan fingerprint density at radius 2 is 1.93 bits per heavy atom. The number of amides is 2. The first kappa shape index (κ1) is 19.8. The van der Waals surface area contributed by atoms with Gasteiger partial charge in [0.05, 0.1) is 5.41 Å². The third-order valence-electron chi connectivity index (χ3n) is 5.76. The van der Waals surface area contributed by atoms with Crippen LogP contribution in [0.3, 0.4) is 0 Å². The number of piperidine rings is 1. The molecule has 4 nitrogen and oxygen atoms in total. The summed E-state index contributed by atoms with van der Waals surface area (Å²) in [6.07, 6.45) is 3.30. The summed E-state index contributed by atoms with van der Waals surface area (Å²) >= 11 is 0. The van der Waals surface area contributed by atoms with Crippen LogP contribution in [-0.2, 0) is 16.0 Å². The van der Waals surface area contributed by atoms with E-state index in [2.05, 4.69) is 20.8 Å². The zero-order valence-corrected chi connectivity index (χ0v) is 16.8. The number of carbonyl (C=O) groups is 2. The van der Waals surface area contributed by atoms with Crippen molar-refractivity contribution < 1.29 is 14.0 Å². The predicted molar refractivity (Wildman–Crippen MR) is 104 cm³/mol. The van der Waals surface area contributed by atoms with Gasteiger partial charge >= 0.3 is 0 Å². The van der Waals surface area contributed by atoms with Crippen molar-refractivity contribution in [3.8, 4) is 0 Å². The van der Waals surface area contributed by atoms with E-state index < -0.39 is 5.41 Å². The van der Waals surface area contributed by atoms with E-state index in [4.69, 9.17) is 0 Å². The van der Waals surface area contributed by atoms with Gasteiger partial charge in [-0.15, -0.1) is 0 Å². The van der Waals surface area contributed by atoms with Gasteiger partial charge in [0.1, 0.15) is 5.82 Å². The molecule has 27 heavy (non-hydrogen) atoms. The van der Waals surface area contributed by atoms with Crippen molar-refractivity contribution in [3.05, 3.63) is 35.6 Å². The summed E-state index contributed by atoms with van der Waals surface area (Å²) in [7, 11) is 0. The van der Waals surface area contributed by atoms with Crippen LogP contribution in [-0.4, -0.2) is 47.8 Å². The van der Waals surface area contributed by atoms with E-state index >= 15 is 0 Å². The molecule has 2 fully saturated rings. The molecule has 1 atom stereocenters. The molecule has 0 N–H and O–H groups in total. The van der Waals surface area contributed by atoms with Gasteiger partial charge < -0.3 is 9.80 Å². The summed E-state index contributed by atoms with van der Waals surface area (Å²) in [5.41, 5.74) is 0.240. The Bertz CT molecular complexity index is 713. The van der Waals surface area contributed by atoms with Crippen LogP contribution in [0.5, 0.6) is 0 Å². The number of likely N-dealkylation sites (tertiary alicyclic amines) is 2. The molecule has 1 spiro atoms. The molecule has 2 amide bonds. The Balaban J connectivity index is 1.60. The number of nitrogens with zero attached hydrogens (tertiary/aromatic N) is 2. The maximum Gasteiger partial charge on any atom is 0.230 e. The SMILES string of the molecule is CC(C)(C)CN1CCC[C@]2(CCN(C(=O)CCc3ccccc3F)C2)C1=O. The van der Waals surface area contributed by atoms with Crippen LogP contribution < -0.4 is 0 Å². The van der Waals surface area contributed by atoms with Gasteiger partial charge in [0.25, 0.3) is 0 Å². The van der Waals surface area contributed by atoms with Crippen molar-refractivity contribution >= 4 is 11.8 Å². The first-order valence-corrected chi connectivity index (χ1v) is 10.0. The molecule has 2 saturated heterocycles. The van der Waals surface area contributed by atoms with E-state index in [0.717, 1.165) is 32.4 Å². The first-order valence-electron chi connectivity index (χ1n) is 10.0. The molecule has 0 saturated carbocycles. The van der Waals surface area contributed by atoms with Crippen LogP contribution in [0.1, 0.15) is 52.0 Å². The van der Waals surface area contributed by atoms with Crippen LogP contribution in [0.25, 0.3) is 0 Å². The Morgan fingerprint density at radius 3 is 2.63 bits per heavy atom. The van der Waals surface area contributed by atoms with Crippen molar-refractivity contribution in [1.29, 1.82) is 0 Å². The number of aryl methyl sites for hydroxylation is 1. The van der Waals surface area contributed by atoms with Gasteiger partial charge in [-0.05, 0) is 42.7 Å². The molecular weight excluding hydrogens is 343 g/mol. The van der Waals surface area contributed by atoms with Crippen molar-refractivity contribution in [2.75, 3.05) is 26.2 Å². The minimum absolute atomic E-state index is 0.0240. The molecule has 0 bridgehead atoms. The van der Waals surface area contributed by atoms with Gasteiger partial charge in [-0.3, -0.25) is 9.59 Å². The maximum atomic E-state index is 13.8. The zero-order valence-electron chi connectivity index (χ0n) is 16.8. The van der Waals surface area contributed by atoms with Gasteiger partial charge in [-0.25, -0.2) is 4.39 Å². The highest BCUT2D eigenvalue weighted by Gasteiger charge is 2.49. The number of halogens is 1. The molecule has 2 heterocycles. The maximum absolute atomic E-state index is 13.8.